The summed E-state index contributed by atoms with van der Waals surface area (Å²) in [5.74, 6) is 1.20. The third-order valence-electron chi connectivity index (χ3n) is 4.34. The van der Waals surface area contributed by atoms with Crippen molar-refractivity contribution in [3.05, 3.63) is 0 Å². The predicted octanol–water partition coefficient (Wildman–Crippen LogP) is 3.14. The average molecular weight is 438 g/mol. The van der Waals surface area contributed by atoms with E-state index in [0.717, 1.165) is 51.3 Å². The second-order valence-electron chi connectivity index (χ2n) is 6.03. The van der Waals surface area contributed by atoms with E-state index >= 15 is 0 Å². The van der Waals surface area contributed by atoms with E-state index < -0.39 is 0 Å². The maximum Gasteiger partial charge on any atom is 0.222 e. The summed E-state index contributed by atoms with van der Waals surface area (Å²) in [6.45, 7) is 7.15. The van der Waals surface area contributed by atoms with E-state index in [2.05, 4.69) is 34.4 Å². The average Bonchev–Trinajstić information content (AvgIpc) is 2.95. The fraction of sp³-hybridized carbons (Fsp3) is 0.882. The van der Waals surface area contributed by atoms with Gasteiger partial charge in [0.25, 0.3) is 0 Å². The Morgan fingerprint density at radius 2 is 1.96 bits per heavy atom. The summed E-state index contributed by atoms with van der Waals surface area (Å²) < 4.78 is 0. The number of carbonyl (C=O) groups excluding carboxylic acids is 1. The van der Waals surface area contributed by atoms with Crippen LogP contribution in [0.3, 0.4) is 0 Å². The van der Waals surface area contributed by atoms with Crippen LogP contribution in [0.5, 0.6) is 0 Å². The fourth-order valence-corrected chi connectivity index (χ4v) is 2.97. The van der Waals surface area contributed by atoms with Crippen molar-refractivity contribution in [2.75, 3.05) is 26.7 Å². The fourth-order valence-electron chi connectivity index (χ4n) is 2.97. The minimum absolute atomic E-state index is 0. The molecule has 0 aliphatic carbocycles. The third kappa shape index (κ3) is 8.77. The molecule has 136 valence electrons. The first-order valence-corrected chi connectivity index (χ1v) is 8.96. The molecular weight excluding hydrogens is 403 g/mol. The summed E-state index contributed by atoms with van der Waals surface area (Å²) in [6.07, 6.45) is 8.78. The van der Waals surface area contributed by atoms with Gasteiger partial charge in [-0.2, -0.15) is 0 Å². The lowest BCUT2D eigenvalue weighted by molar-refractivity contribution is -0.129. The molecule has 6 heteroatoms. The van der Waals surface area contributed by atoms with Gasteiger partial charge in [0.15, 0.2) is 5.96 Å². The minimum Gasteiger partial charge on any atom is -0.356 e. The van der Waals surface area contributed by atoms with Gasteiger partial charge in [0.05, 0.1) is 0 Å². The summed E-state index contributed by atoms with van der Waals surface area (Å²) in [5.41, 5.74) is 0. The Labute approximate surface area is 159 Å². The number of rotatable bonds is 10. The number of nitrogens with one attached hydrogen (secondary N) is 2. The molecule has 1 heterocycles. The van der Waals surface area contributed by atoms with Crippen molar-refractivity contribution in [2.24, 2.45) is 4.99 Å². The van der Waals surface area contributed by atoms with Crippen molar-refractivity contribution in [3.63, 3.8) is 0 Å². The molecule has 1 aliphatic heterocycles. The van der Waals surface area contributed by atoms with Gasteiger partial charge in [-0.1, -0.05) is 33.1 Å². The van der Waals surface area contributed by atoms with Gasteiger partial charge in [0.2, 0.25) is 5.91 Å². The topological polar surface area (TPSA) is 56.7 Å². The predicted molar refractivity (Wildman–Crippen MR) is 109 cm³/mol. The zero-order chi connectivity index (χ0) is 16.2. The normalized spacial score (nSPS) is 16.2. The number of halogens is 1. The van der Waals surface area contributed by atoms with Crippen molar-refractivity contribution in [1.29, 1.82) is 0 Å². The molecule has 5 nitrogen and oxygen atoms in total. The first kappa shape index (κ1) is 22.5. The molecule has 2 N–H and O–H groups in total. The van der Waals surface area contributed by atoms with Crippen LogP contribution < -0.4 is 10.6 Å². The Morgan fingerprint density at radius 1 is 1.22 bits per heavy atom. The number of carbonyl (C=O) groups is 1. The van der Waals surface area contributed by atoms with Crippen molar-refractivity contribution in [1.82, 2.24) is 15.5 Å². The summed E-state index contributed by atoms with van der Waals surface area (Å²) >= 11 is 0. The number of unbranched alkanes of at least 4 members (excludes halogenated alkanes) is 3. The van der Waals surface area contributed by atoms with Gasteiger partial charge in [0, 0.05) is 39.1 Å². The molecule has 0 bridgehead atoms. The molecule has 0 aromatic heterocycles. The van der Waals surface area contributed by atoms with E-state index in [1.165, 1.54) is 25.7 Å². The molecule has 0 spiro atoms. The molecule has 23 heavy (non-hydrogen) atoms. The standard InChI is InChI=1S/C17H34N4O.HI/c1-4-6-7-8-12-19-17(18-3)20-13-11-15(5-2)21-14-9-10-16(21)22;/h15H,4-14H2,1-3H3,(H2,18,19,20);1H. The van der Waals surface area contributed by atoms with Crippen molar-refractivity contribution >= 4 is 35.8 Å². The number of hydrogen-bond donors (Lipinski definition) is 2. The molecule has 1 atom stereocenters. The minimum atomic E-state index is 0. The third-order valence-corrected chi connectivity index (χ3v) is 4.34. The highest BCUT2D eigenvalue weighted by atomic mass is 127. The van der Waals surface area contributed by atoms with Crippen molar-refractivity contribution in [3.8, 4) is 0 Å². The Balaban J connectivity index is 0.00000484. The molecule has 0 saturated carbocycles. The maximum atomic E-state index is 11.8. The molecular formula is C17H35IN4O. The zero-order valence-electron chi connectivity index (χ0n) is 15.1. The summed E-state index contributed by atoms with van der Waals surface area (Å²) in [4.78, 5) is 18.1. The van der Waals surface area contributed by atoms with E-state index in [9.17, 15) is 4.79 Å². The first-order valence-electron chi connectivity index (χ1n) is 8.96. The van der Waals surface area contributed by atoms with Gasteiger partial charge < -0.3 is 15.5 Å². The molecule has 1 saturated heterocycles. The van der Waals surface area contributed by atoms with E-state index in [1.807, 2.05) is 7.05 Å². The van der Waals surface area contributed by atoms with Crippen LogP contribution in [0.4, 0.5) is 0 Å². The number of nitrogens with zero attached hydrogens (tertiary/aromatic N) is 2. The van der Waals surface area contributed by atoms with E-state index in [0.29, 0.717) is 11.9 Å². The molecule has 0 aromatic carbocycles. The van der Waals surface area contributed by atoms with Gasteiger partial charge in [-0.3, -0.25) is 9.79 Å². The highest BCUT2D eigenvalue weighted by Crippen LogP contribution is 2.17. The zero-order valence-corrected chi connectivity index (χ0v) is 17.4. The molecule has 1 fully saturated rings. The smallest absolute Gasteiger partial charge is 0.222 e. The summed E-state index contributed by atoms with van der Waals surface area (Å²) in [6, 6.07) is 0.366. The van der Waals surface area contributed by atoms with Crippen LogP contribution in [0.2, 0.25) is 0 Å². The lowest BCUT2D eigenvalue weighted by Crippen LogP contribution is -2.42. The van der Waals surface area contributed by atoms with Crippen molar-refractivity contribution < 1.29 is 4.79 Å². The lowest BCUT2D eigenvalue weighted by atomic mass is 10.1. The molecule has 1 rings (SSSR count). The lowest BCUT2D eigenvalue weighted by Gasteiger charge is -2.27. The second-order valence-corrected chi connectivity index (χ2v) is 6.03. The van der Waals surface area contributed by atoms with Crippen LogP contribution in [0.25, 0.3) is 0 Å². The van der Waals surface area contributed by atoms with Gasteiger partial charge in [-0.15, -0.1) is 24.0 Å². The molecule has 1 amide bonds. The van der Waals surface area contributed by atoms with Crippen LogP contribution in [0.1, 0.15) is 65.2 Å². The van der Waals surface area contributed by atoms with Crippen molar-refractivity contribution in [2.45, 2.75) is 71.3 Å². The highest BCUT2D eigenvalue weighted by molar-refractivity contribution is 14.0. The quantitative estimate of drug-likeness (QED) is 0.239. The van der Waals surface area contributed by atoms with Crippen LogP contribution in [-0.4, -0.2) is 49.5 Å². The monoisotopic (exact) mass is 438 g/mol. The Hall–Kier alpha value is -0.530. The van der Waals surface area contributed by atoms with Gasteiger partial charge >= 0.3 is 0 Å². The van der Waals surface area contributed by atoms with E-state index in [-0.39, 0.29) is 24.0 Å². The van der Waals surface area contributed by atoms with Crippen LogP contribution in [0.15, 0.2) is 4.99 Å². The number of amides is 1. The van der Waals surface area contributed by atoms with Gasteiger partial charge in [-0.05, 0) is 25.7 Å². The van der Waals surface area contributed by atoms with Crippen LogP contribution in [0, 0.1) is 0 Å². The largest absolute Gasteiger partial charge is 0.356 e. The van der Waals surface area contributed by atoms with Crippen LogP contribution >= 0.6 is 24.0 Å². The maximum absolute atomic E-state index is 11.8. The highest BCUT2D eigenvalue weighted by Gasteiger charge is 2.26. The van der Waals surface area contributed by atoms with E-state index in [4.69, 9.17) is 0 Å². The molecule has 1 aliphatic rings. The van der Waals surface area contributed by atoms with E-state index in [1.54, 1.807) is 0 Å². The molecule has 1 unspecified atom stereocenters. The Bertz CT molecular complexity index is 349. The second kappa shape index (κ2) is 13.9. The number of hydrogen-bond acceptors (Lipinski definition) is 2. The first-order chi connectivity index (χ1) is 10.7. The number of guanidine groups is 1. The Morgan fingerprint density at radius 3 is 2.52 bits per heavy atom. The van der Waals surface area contributed by atoms with Crippen LogP contribution in [-0.2, 0) is 4.79 Å². The van der Waals surface area contributed by atoms with Gasteiger partial charge in [0.1, 0.15) is 0 Å². The molecule has 0 aromatic rings. The number of likely N-dealkylation sites (tertiary alicyclic amines) is 1. The Kier molecular flexibility index (Phi) is 13.5. The summed E-state index contributed by atoms with van der Waals surface area (Å²) in [5, 5.41) is 6.72. The summed E-state index contributed by atoms with van der Waals surface area (Å²) in [7, 11) is 1.81. The van der Waals surface area contributed by atoms with Gasteiger partial charge in [-0.25, -0.2) is 0 Å². The molecule has 0 radical (unpaired) electrons. The SMILES string of the molecule is CCCCCCNC(=NC)NCCC(CC)N1CCCC1=O.I. The number of aliphatic imine (C=N–C) groups is 1.